The Bertz CT molecular complexity index is 532. The van der Waals surface area contributed by atoms with E-state index in [0.717, 1.165) is 11.4 Å². The Labute approximate surface area is 113 Å². The molecule has 0 aliphatic heterocycles. The summed E-state index contributed by atoms with van der Waals surface area (Å²) in [6, 6.07) is 16.4. The van der Waals surface area contributed by atoms with Gasteiger partial charge < -0.3 is 5.73 Å². The topological polar surface area (TPSA) is 26.0 Å². The summed E-state index contributed by atoms with van der Waals surface area (Å²) in [5, 5.41) is 0. The highest BCUT2D eigenvalue weighted by Crippen LogP contribution is 2.26. The summed E-state index contributed by atoms with van der Waals surface area (Å²) < 4.78 is 0. The van der Waals surface area contributed by atoms with Crippen molar-refractivity contribution >= 4 is 23.5 Å². The van der Waals surface area contributed by atoms with Gasteiger partial charge in [-0.05, 0) is 30.2 Å². The number of nitrogen functional groups attached to an aromatic ring is 1. The van der Waals surface area contributed by atoms with E-state index >= 15 is 0 Å². The third-order valence-corrected chi connectivity index (χ3v) is 3.88. The predicted octanol–water partition coefficient (Wildman–Crippen LogP) is 4.38. The second-order valence-electron chi connectivity index (χ2n) is 4.09. The van der Waals surface area contributed by atoms with Gasteiger partial charge in [0.1, 0.15) is 0 Å². The van der Waals surface area contributed by atoms with Crippen LogP contribution in [0.25, 0.3) is 6.08 Å². The van der Waals surface area contributed by atoms with Gasteiger partial charge in [0.2, 0.25) is 0 Å². The summed E-state index contributed by atoms with van der Waals surface area (Å²) in [7, 11) is 0. The lowest BCUT2D eigenvalue weighted by Crippen LogP contribution is -1.90. The molecule has 0 unspecified atom stereocenters. The molecule has 2 heteroatoms. The number of hydrogen-bond acceptors (Lipinski definition) is 2. The van der Waals surface area contributed by atoms with Crippen molar-refractivity contribution in [3.8, 4) is 0 Å². The van der Waals surface area contributed by atoms with E-state index in [1.54, 1.807) is 0 Å². The summed E-state index contributed by atoms with van der Waals surface area (Å²) in [6.45, 7) is 2.07. The lowest BCUT2D eigenvalue weighted by atomic mass is 10.2. The lowest BCUT2D eigenvalue weighted by Gasteiger charge is -2.05. The summed E-state index contributed by atoms with van der Waals surface area (Å²) in [4.78, 5) is 1.26. The Balaban J connectivity index is 1.93. The molecule has 2 aromatic carbocycles. The van der Waals surface area contributed by atoms with Crippen molar-refractivity contribution in [1.29, 1.82) is 0 Å². The van der Waals surface area contributed by atoms with Crippen LogP contribution >= 0.6 is 11.8 Å². The molecule has 0 aromatic heterocycles. The van der Waals surface area contributed by atoms with Crippen molar-refractivity contribution in [2.45, 2.75) is 11.8 Å². The molecule has 1 nitrogen and oxygen atoms in total. The van der Waals surface area contributed by atoms with E-state index in [-0.39, 0.29) is 0 Å². The van der Waals surface area contributed by atoms with Gasteiger partial charge in [-0.25, -0.2) is 0 Å². The Morgan fingerprint density at radius 2 is 1.83 bits per heavy atom. The molecule has 0 saturated heterocycles. The summed E-state index contributed by atoms with van der Waals surface area (Å²) in [5.74, 6) is 0.958. The zero-order valence-corrected chi connectivity index (χ0v) is 11.3. The molecule has 0 aliphatic carbocycles. The van der Waals surface area contributed by atoms with E-state index in [0.29, 0.717) is 0 Å². The Kier molecular flexibility index (Phi) is 4.48. The number of hydrogen-bond donors (Lipinski definition) is 1. The summed E-state index contributed by atoms with van der Waals surface area (Å²) in [6.07, 6.45) is 4.33. The van der Waals surface area contributed by atoms with Gasteiger partial charge in [0.25, 0.3) is 0 Å². The fraction of sp³-hybridized carbons (Fsp3) is 0.125. The number of rotatable bonds is 4. The highest BCUT2D eigenvalue weighted by atomic mass is 32.2. The average molecular weight is 255 g/mol. The van der Waals surface area contributed by atoms with Crippen LogP contribution in [0, 0.1) is 6.92 Å². The SMILES string of the molecule is Cc1c(N)cccc1SCC=Cc1ccccc1. The molecular weight excluding hydrogens is 238 g/mol. The van der Waals surface area contributed by atoms with Gasteiger partial charge in [0.05, 0.1) is 0 Å². The first-order valence-corrected chi connectivity index (χ1v) is 6.95. The second-order valence-corrected chi connectivity index (χ2v) is 5.16. The molecule has 2 rings (SSSR count). The fourth-order valence-electron chi connectivity index (χ4n) is 1.67. The molecule has 0 bridgehead atoms. The number of thioether (sulfide) groups is 1. The Hall–Kier alpha value is -1.67. The quantitative estimate of drug-likeness (QED) is 0.648. The van der Waals surface area contributed by atoms with Crippen LogP contribution in [0.5, 0.6) is 0 Å². The molecule has 0 aliphatic rings. The van der Waals surface area contributed by atoms with Crippen LogP contribution in [0.4, 0.5) is 5.69 Å². The van der Waals surface area contributed by atoms with Crippen LogP contribution in [0.1, 0.15) is 11.1 Å². The van der Waals surface area contributed by atoms with Crippen LogP contribution < -0.4 is 5.73 Å². The fourth-order valence-corrected chi connectivity index (χ4v) is 2.56. The zero-order chi connectivity index (χ0) is 12.8. The van der Waals surface area contributed by atoms with Gasteiger partial charge in [-0.2, -0.15) is 0 Å². The Morgan fingerprint density at radius 1 is 1.06 bits per heavy atom. The lowest BCUT2D eigenvalue weighted by molar-refractivity contribution is 1.31. The van der Waals surface area contributed by atoms with E-state index in [4.69, 9.17) is 5.73 Å². The van der Waals surface area contributed by atoms with Crippen LogP contribution in [-0.4, -0.2) is 5.75 Å². The zero-order valence-electron chi connectivity index (χ0n) is 10.5. The Morgan fingerprint density at radius 3 is 2.61 bits per heavy atom. The van der Waals surface area contributed by atoms with Crippen LogP contribution in [-0.2, 0) is 0 Å². The van der Waals surface area contributed by atoms with Gasteiger partial charge in [-0.15, -0.1) is 11.8 Å². The average Bonchev–Trinajstić information content (AvgIpc) is 2.40. The van der Waals surface area contributed by atoms with Gasteiger partial charge in [-0.1, -0.05) is 48.6 Å². The predicted molar refractivity (Wildman–Crippen MR) is 81.8 cm³/mol. The largest absolute Gasteiger partial charge is 0.398 e. The second kappa shape index (κ2) is 6.31. The normalized spacial score (nSPS) is 10.9. The van der Waals surface area contributed by atoms with Crippen LogP contribution in [0.15, 0.2) is 59.5 Å². The van der Waals surface area contributed by atoms with Crippen molar-refractivity contribution < 1.29 is 0 Å². The van der Waals surface area contributed by atoms with E-state index in [2.05, 4.69) is 49.4 Å². The number of nitrogens with two attached hydrogens (primary N) is 1. The smallest absolute Gasteiger partial charge is 0.0354 e. The minimum absolute atomic E-state index is 0.868. The van der Waals surface area contributed by atoms with Crippen LogP contribution in [0.3, 0.4) is 0 Å². The first kappa shape index (κ1) is 12.8. The van der Waals surface area contributed by atoms with Crippen molar-refractivity contribution in [3.63, 3.8) is 0 Å². The highest BCUT2D eigenvalue weighted by molar-refractivity contribution is 7.99. The maximum Gasteiger partial charge on any atom is 0.0354 e. The molecule has 92 valence electrons. The highest BCUT2D eigenvalue weighted by Gasteiger charge is 1.99. The molecule has 0 spiro atoms. The van der Waals surface area contributed by atoms with Crippen molar-refractivity contribution in [2.75, 3.05) is 11.5 Å². The van der Waals surface area contributed by atoms with Gasteiger partial charge in [0.15, 0.2) is 0 Å². The van der Waals surface area contributed by atoms with Crippen LogP contribution in [0.2, 0.25) is 0 Å². The molecular formula is C16H17NS. The van der Waals surface area contributed by atoms with Gasteiger partial charge in [0, 0.05) is 16.3 Å². The summed E-state index contributed by atoms with van der Waals surface area (Å²) in [5.41, 5.74) is 9.17. The molecule has 2 aromatic rings. The number of benzene rings is 2. The standard InChI is InChI=1S/C16H17NS/c1-13-15(17)10-5-11-16(13)18-12-6-9-14-7-3-2-4-8-14/h2-11H,12,17H2,1H3. The molecule has 0 atom stereocenters. The van der Waals surface area contributed by atoms with Crippen molar-refractivity contribution in [3.05, 3.63) is 65.7 Å². The van der Waals surface area contributed by atoms with E-state index in [1.807, 2.05) is 30.0 Å². The van der Waals surface area contributed by atoms with Gasteiger partial charge >= 0.3 is 0 Å². The van der Waals surface area contributed by atoms with E-state index in [9.17, 15) is 0 Å². The number of anilines is 1. The van der Waals surface area contributed by atoms with E-state index in [1.165, 1.54) is 16.0 Å². The van der Waals surface area contributed by atoms with Crippen molar-refractivity contribution in [2.24, 2.45) is 0 Å². The minimum Gasteiger partial charge on any atom is -0.398 e. The molecule has 0 amide bonds. The minimum atomic E-state index is 0.868. The first-order chi connectivity index (χ1) is 8.77. The first-order valence-electron chi connectivity index (χ1n) is 5.97. The van der Waals surface area contributed by atoms with E-state index < -0.39 is 0 Å². The monoisotopic (exact) mass is 255 g/mol. The molecule has 2 N–H and O–H groups in total. The van der Waals surface area contributed by atoms with Gasteiger partial charge in [-0.3, -0.25) is 0 Å². The molecule has 0 fully saturated rings. The van der Waals surface area contributed by atoms with Crippen molar-refractivity contribution in [1.82, 2.24) is 0 Å². The maximum absolute atomic E-state index is 5.88. The maximum atomic E-state index is 5.88. The molecule has 18 heavy (non-hydrogen) atoms. The third kappa shape index (κ3) is 3.41. The molecule has 0 radical (unpaired) electrons. The third-order valence-electron chi connectivity index (χ3n) is 2.77. The molecule has 0 saturated carbocycles. The summed E-state index contributed by atoms with van der Waals surface area (Å²) >= 11 is 1.81. The molecule has 0 heterocycles.